The van der Waals surface area contributed by atoms with E-state index in [1.54, 1.807) is 20.8 Å². The smallest absolute Gasteiger partial charge is 0.410 e. The number of hydrogen-bond donors (Lipinski definition) is 3. The van der Waals surface area contributed by atoms with E-state index in [-0.39, 0.29) is 30.1 Å². The maximum Gasteiger partial charge on any atom is 0.410 e. The molecule has 1 aromatic carbocycles. The Morgan fingerprint density at radius 2 is 1.86 bits per heavy atom. The van der Waals surface area contributed by atoms with Crippen LogP contribution in [0.15, 0.2) is 24.3 Å². The number of aryl methyl sites for hydroxylation is 1. The van der Waals surface area contributed by atoms with Gasteiger partial charge >= 0.3 is 6.09 Å². The van der Waals surface area contributed by atoms with Crippen molar-refractivity contribution in [2.45, 2.75) is 66.1 Å². The number of nitrogens with zero attached hydrogens (tertiary/aromatic N) is 3. The van der Waals surface area contributed by atoms with E-state index in [1.807, 2.05) is 45.0 Å². The van der Waals surface area contributed by atoms with Crippen molar-refractivity contribution in [3.05, 3.63) is 41.2 Å². The minimum atomic E-state index is -0.698. The predicted octanol–water partition coefficient (Wildman–Crippen LogP) is 3.19. The van der Waals surface area contributed by atoms with Gasteiger partial charge in [-0.1, -0.05) is 19.1 Å². The Kier molecular flexibility index (Phi) is 10.2. The summed E-state index contributed by atoms with van der Waals surface area (Å²) in [5, 5.41) is 5.92. The minimum Gasteiger partial charge on any atom is -0.474 e. The van der Waals surface area contributed by atoms with Gasteiger partial charge in [-0.2, -0.15) is 4.98 Å². The Hall–Kier alpha value is -3.89. The number of hydrogen-bond acceptors (Lipinski definition) is 8. The molecule has 202 valence electrons. The summed E-state index contributed by atoms with van der Waals surface area (Å²) in [5.74, 6) is -0.440. The number of carbonyl (C=O) groups excluding carboxylic acids is 3. The first-order valence-corrected chi connectivity index (χ1v) is 12.2. The summed E-state index contributed by atoms with van der Waals surface area (Å²) in [7, 11) is 1.51. The zero-order chi connectivity index (χ0) is 27.8. The van der Waals surface area contributed by atoms with E-state index in [4.69, 9.17) is 15.2 Å². The molecule has 11 heteroatoms. The van der Waals surface area contributed by atoms with Gasteiger partial charge in [0.2, 0.25) is 11.8 Å². The van der Waals surface area contributed by atoms with Crippen LogP contribution >= 0.6 is 0 Å². The van der Waals surface area contributed by atoms with Crippen molar-refractivity contribution in [1.29, 1.82) is 0 Å². The van der Waals surface area contributed by atoms with Crippen LogP contribution in [0.25, 0.3) is 0 Å². The van der Waals surface area contributed by atoms with Gasteiger partial charge in [0.25, 0.3) is 5.91 Å². The van der Waals surface area contributed by atoms with Crippen LogP contribution in [-0.4, -0.2) is 64.6 Å². The highest BCUT2D eigenvalue weighted by molar-refractivity contribution is 5.96. The van der Waals surface area contributed by atoms with Crippen LogP contribution < -0.4 is 21.1 Å². The van der Waals surface area contributed by atoms with Gasteiger partial charge in [-0.3, -0.25) is 9.59 Å². The topological polar surface area (TPSA) is 149 Å². The van der Waals surface area contributed by atoms with E-state index in [0.29, 0.717) is 36.6 Å². The second-order valence-electron chi connectivity index (χ2n) is 9.82. The molecule has 37 heavy (non-hydrogen) atoms. The molecule has 4 N–H and O–H groups in total. The highest BCUT2D eigenvalue weighted by Crippen LogP contribution is 2.25. The van der Waals surface area contributed by atoms with Gasteiger partial charge in [-0.25, -0.2) is 9.78 Å². The van der Waals surface area contributed by atoms with Crippen LogP contribution in [0.5, 0.6) is 5.88 Å². The highest BCUT2D eigenvalue weighted by atomic mass is 16.6. The number of ether oxygens (including phenoxy) is 2. The fraction of sp³-hybridized carbons (Fsp3) is 0.500. The SMILES string of the molecule is CCc1nc(C(N)=O)c(Nc2cccc(CCNC(=O)CN(C)C(=O)OC(C)(C)C)c2)nc1OC(C)C. The summed E-state index contributed by atoms with van der Waals surface area (Å²) in [4.78, 5) is 46.4. The van der Waals surface area contributed by atoms with Crippen molar-refractivity contribution in [2.24, 2.45) is 5.73 Å². The first-order valence-electron chi connectivity index (χ1n) is 12.2. The molecule has 11 nitrogen and oxygen atoms in total. The molecule has 0 fully saturated rings. The van der Waals surface area contributed by atoms with Gasteiger partial charge in [-0.15, -0.1) is 0 Å². The van der Waals surface area contributed by atoms with Gasteiger partial charge in [-0.05, 0) is 65.2 Å². The van der Waals surface area contributed by atoms with Crippen LogP contribution in [0.2, 0.25) is 0 Å². The van der Waals surface area contributed by atoms with Gasteiger partial charge < -0.3 is 30.7 Å². The number of amides is 3. The minimum absolute atomic E-state index is 0.0275. The molecule has 0 saturated heterocycles. The number of nitrogens with two attached hydrogens (primary N) is 1. The van der Waals surface area contributed by atoms with E-state index in [9.17, 15) is 14.4 Å². The second kappa shape index (κ2) is 12.9. The molecule has 0 saturated carbocycles. The number of aromatic nitrogens is 2. The number of benzene rings is 1. The number of carbonyl (C=O) groups is 3. The summed E-state index contributed by atoms with van der Waals surface area (Å²) in [5.41, 5.74) is 7.11. The van der Waals surface area contributed by atoms with Gasteiger partial charge in [0.1, 0.15) is 17.8 Å². The molecular formula is C26H38N6O5. The fourth-order valence-electron chi connectivity index (χ4n) is 3.22. The first kappa shape index (κ1) is 29.3. The van der Waals surface area contributed by atoms with Crippen molar-refractivity contribution in [3.8, 4) is 5.88 Å². The molecule has 0 spiro atoms. The largest absolute Gasteiger partial charge is 0.474 e. The van der Waals surface area contributed by atoms with Gasteiger partial charge in [0.05, 0.1) is 6.10 Å². The number of nitrogens with one attached hydrogen (secondary N) is 2. The maximum absolute atomic E-state index is 12.2. The van der Waals surface area contributed by atoms with Gasteiger partial charge in [0.15, 0.2) is 11.5 Å². The summed E-state index contributed by atoms with van der Waals surface area (Å²) in [6, 6.07) is 7.46. The zero-order valence-corrected chi connectivity index (χ0v) is 22.7. The number of likely N-dealkylation sites (N-methyl/N-ethyl adjacent to an activating group) is 1. The highest BCUT2D eigenvalue weighted by Gasteiger charge is 2.21. The van der Waals surface area contributed by atoms with Crippen molar-refractivity contribution in [1.82, 2.24) is 20.2 Å². The zero-order valence-electron chi connectivity index (χ0n) is 22.7. The van der Waals surface area contributed by atoms with Crippen molar-refractivity contribution >= 4 is 29.4 Å². The lowest BCUT2D eigenvalue weighted by atomic mass is 10.1. The lowest BCUT2D eigenvalue weighted by Crippen LogP contribution is -2.41. The van der Waals surface area contributed by atoms with E-state index in [1.165, 1.54) is 11.9 Å². The third kappa shape index (κ3) is 9.59. The van der Waals surface area contributed by atoms with Crippen LogP contribution in [0.4, 0.5) is 16.3 Å². The van der Waals surface area contributed by atoms with E-state index < -0.39 is 17.6 Å². The Morgan fingerprint density at radius 3 is 2.46 bits per heavy atom. The second-order valence-corrected chi connectivity index (χ2v) is 9.82. The molecule has 2 rings (SSSR count). The summed E-state index contributed by atoms with van der Waals surface area (Å²) in [6.45, 7) is 11.2. The first-order chi connectivity index (χ1) is 17.3. The normalized spacial score (nSPS) is 11.1. The number of anilines is 2. The Balaban J connectivity index is 2.04. The van der Waals surface area contributed by atoms with Crippen LogP contribution in [0.3, 0.4) is 0 Å². The summed E-state index contributed by atoms with van der Waals surface area (Å²) < 4.78 is 11.0. The molecule has 0 atom stereocenters. The Bertz CT molecular complexity index is 1110. The molecule has 0 aliphatic carbocycles. The van der Waals surface area contributed by atoms with E-state index in [0.717, 1.165) is 5.56 Å². The standard InChI is InChI=1S/C26H38N6O5/c1-8-19-24(36-16(2)3)31-23(21(30-19)22(27)34)29-18-11-9-10-17(14-18)12-13-28-20(33)15-32(7)25(35)37-26(4,5)6/h9-11,14,16H,8,12-13,15H2,1-7H3,(H2,27,34)(H,28,33)(H,29,31). The van der Waals surface area contributed by atoms with Crippen molar-refractivity contribution in [3.63, 3.8) is 0 Å². The van der Waals surface area contributed by atoms with Crippen LogP contribution in [-0.2, 0) is 22.4 Å². The molecule has 1 aromatic heterocycles. The molecule has 3 amide bonds. The van der Waals surface area contributed by atoms with Crippen LogP contribution in [0.1, 0.15) is 63.3 Å². The third-order valence-electron chi connectivity index (χ3n) is 4.86. The Labute approximate surface area is 218 Å². The molecule has 0 unspecified atom stereocenters. The average Bonchev–Trinajstić information content (AvgIpc) is 2.77. The lowest BCUT2D eigenvalue weighted by molar-refractivity contribution is -0.121. The lowest BCUT2D eigenvalue weighted by Gasteiger charge is -2.24. The third-order valence-corrected chi connectivity index (χ3v) is 4.86. The van der Waals surface area contributed by atoms with E-state index in [2.05, 4.69) is 20.6 Å². The molecule has 0 radical (unpaired) electrons. The Morgan fingerprint density at radius 1 is 1.16 bits per heavy atom. The number of primary amides is 1. The van der Waals surface area contributed by atoms with E-state index >= 15 is 0 Å². The van der Waals surface area contributed by atoms with Crippen molar-refractivity contribution in [2.75, 3.05) is 25.5 Å². The molecular weight excluding hydrogens is 476 g/mol. The monoisotopic (exact) mass is 514 g/mol. The summed E-state index contributed by atoms with van der Waals surface area (Å²) >= 11 is 0. The predicted molar refractivity (Wildman–Crippen MR) is 141 cm³/mol. The summed E-state index contributed by atoms with van der Waals surface area (Å²) in [6.07, 6.45) is 0.398. The maximum atomic E-state index is 12.2. The molecule has 0 aliphatic rings. The quantitative estimate of drug-likeness (QED) is 0.414. The molecule has 0 aliphatic heterocycles. The number of rotatable bonds is 11. The average molecular weight is 515 g/mol. The molecule has 2 aromatic rings. The fourth-order valence-corrected chi connectivity index (χ4v) is 3.22. The molecule has 1 heterocycles. The van der Waals surface area contributed by atoms with Gasteiger partial charge in [0, 0.05) is 19.3 Å². The van der Waals surface area contributed by atoms with Crippen molar-refractivity contribution < 1.29 is 23.9 Å². The van der Waals surface area contributed by atoms with Crippen LogP contribution in [0, 0.1) is 0 Å². The molecule has 0 bridgehead atoms.